The maximum atomic E-state index is 8.34. The predicted octanol–water partition coefficient (Wildman–Crippen LogP) is 1.51. The third-order valence-electron chi connectivity index (χ3n) is 1.88. The lowest BCUT2D eigenvalue weighted by molar-refractivity contribution is 0.428. The Morgan fingerprint density at radius 2 is 2.10 bits per heavy atom. The molecule has 0 atom stereocenters. The van der Waals surface area contributed by atoms with Crippen molar-refractivity contribution in [3.05, 3.63) is 11.8 Å². The van der Waals surface area contributed by atoms with Gasteiger partial charge in [-0.2, -0.15) is 5.26 Å². The van der Waals surface area contributed by atoms with Crippen molar-refractivity contribution >= 4 is 0 Å². The van der Waals surface area contributed by atoms with E-state index >= 15 is 0 Å². The van der Waals surface area contributed by atoms with Gasteiger partial charge in [0.15, 0.2) is 0 Å². The predicted molar refractivity (Wildman–Crippen MR) is 40.2 cm³/mol. The van der Waals surface area contributed by atoms with E-state index in [2.05, 4.69) is 4.90 Å². The molecule has 1 fully saturated rings. The zero-order valence-corrected chi connectivity index (χ0v) is 6.30. The Balaban J connectivity index is 2.49. The first-order valence-corrected chi connectivity index (χ1v) is 3.66. The van der Waals surface area contributed by atoms with Crippen molar-refractivity contribution in [3.8, 4) is 6.07 Å². The molecular formula is C8H12N2. The highest BCUT2D eigenvalue weighted by atomic mass is 15.1. The van der Waals surface area contributed by atoms with Gasteiger partial charge >= 0.3 is 0 Å². The quantitative estimate of drug-likeness (QED) is 0.511. The minimum Gasteiger partial charge on any atom is -0.374 e. The molecule has 1 aliphatic heterocycles. The molecule has 10 heavy (non-hydrogen) atoms. The van der Waals surface area contributed by atoms with Crippen LogP contribution in [0.3, 0.4) is 0 Å². The van der Waals surface area contributed by atoms with E-state index in [9.17, 15) is 0 Å². The number of nitriles is 1. The van der Waals surface area contributed by atoms with E-state index in [1.165, 1.54) is 12.8 Å². The number of nitrogens with zero attached hydrogens (tertiary/aromatic N) is 2. The molecule has 0 saturated carbocycles. The summed E-state index contributed by atoms with van der Waals surface area (Å²) in [5, 5.41) is 8.34. The van der Waals surface area contributed by atoms with Crippen molar-refractivity contribution < 1.29 is 0 Å². The Bertz CT molecular complexity index is 170. The summed E-state index contributed by atoms with van der Waals surface area (Å²) in [5.41, 5.74) is 1.11. The van der Waals surface area contributed by atoms with Gasteiger partial charge in [-0.15, -0.1) is 0 Å². The van der Waals surface area contributed by atoms with Crippen LogP contribution in [0.1, 0.15) is 19.8 Å². The Morgan fingerprint density at radius 3 is 2.60 bits per heavy atom. The molecule has 0 N–H and O–H groups in total. The standard InChI is InChI=1S/C8H12N2/c1-8(4-5-9)10-6-2-3-7-10/h4H,2-3,6-7H2,1H3/b8-4+. The van der Waals surface area contributed by atoms with Gasteiger partial charge in [-0.05, 0) is 19.8 Å². The van der Waals surface area contributed by atoms with E-state index in [1.54, 1.807) is 6.08 Å². The highest BCUT2D eigenvalue weighted by molar-refractivity contribution is 5.10. The molecule has 1 aliphatic rings. The zero-order chi connectivity index (χ0) is 7.40. The van der Waals surface area contributed by atoms with Crippen LogP contribution in [0.2, 0.25) is 0 Å². The highest BCUT2D eigenvalue weighted by Crippen LogP contribution is 2.12. The first-order valence-electron chi connectivity index (χ1n) is 3.66. The normalized spacial score (nSPS) is 19.2. The van der Waals surface area contributed by atoms with Gasteiger partial charge in [-0.25, -0.2) is 0 Å². The fraction of sp³-hybridized carbons (Fsp3) is 0.625. The second-order valence-electron chi connectivity index (χ2n) is 2.61. The van der Waals surface area contributed by atoms with Gasteiger partial charge in [0, 0.05) is 24.9 Å². The summed E-state index contributed by atoms with van der Waals surface area (Å²) in [5.74, 6) is 0. The van der Waals surface area contributed by atoms with Crippen molar-refractivity contribution in [2.45, 2.75) is 19.8 Å². The molecule has 0 aromatic rings. The second kappa shape index (κ2) is 3.26. The third-order valence-corrected chi connectivity index (χ3v) is 1.88. The number of hydrogen-bond acceptors (Lipinski definition) is 2. The van der Waals surface area contributed by atoms with Gasteiger partial charge < -0.3 is 4.90 Å². The minimum atomic E-state index is 1.11. The largest absolute Gasteiger partial charge is 0.374 e. The molecule has 0 aromatic heterocycles. The molecule has 0 aliphatic carbocycles. The summed E-state index contributed by atoms with van der Waals surface area (Å²) < 4.78 is 0. The second-order valence-corrected chi connectivity index (χ2v) is 2.61. The molecule has 1 heterocycles. The average molecular weight is 136 g/mol. The van der Waals surface area contributed by atoms with Crippen molar-refractivity contribution in [1.82, 2.24) is 4.90 Å². The summed E-state index contributed by atoms with van der Waals surface area (Å²) in [6.07, 6.45) is 4.17. The van der Waals surface area contributed by atoms with E-state index in [-0.39, 0.29) is 0 Å². The maximum Gasteiger partial charge on any atom is 0.0930 e. The Morgan fingerprint density at radius 1 is 1.50 bits per heavy atom. The van der Waals surface area contributed by atoms with Crippen molar-refractivity contribution in [3.63, 3.8) is 0 Å². The molecule has 1 saturated heterocycles. The summed E-state index contributed by atoms with van der Waals surface area (Å²) >= 11 is 0. The Kier molecular flexibility index (Phi) is 2.33. The number of hydrogen-bond donors (Lipinski definition) is 0. The van der Waals surface area contributed by atoms with Gasteiger partial charge in [0.1, 0.15) is 0 Å². The van der Waals surface area contributed by atoms with E-state index < -0.39 is 0 Å². The van der Waals surface area contributed by atoms with Crippen molar-refractivity contribution in [1.29, 1.82) is 5.26 Å². The molecule has 0 bridgehead atoms. The monoisotopic (exact) mass is 136 g/mol. The molecule has 2 nitrogen and oxygen atoms in total. The van der Waals surface area contributed by atoms with E-state index in [0.29, 0.717) is 0 Å². The van der Waals surface area contributed by atoms with Crippen molar-refractivity contribution in [2.24, 2.45) is 0 Å². The first-order chi connectivity index (χ1) is 4.84. The molecule has 54 valence electrons. The molecule has 0 unspecified atom stereocenters. The molecular weight excluding hydrogens is 124 g/mol. The molecule has 0 radical (unpaired) electrons. The molecule has 1 rings (SSSR count). The number of likely N-dealkylation sites (tertiary alicyclic amines) is 1. The van der Waals surface area contributed by atoms with Crippen LogP contribution in [-0.2, 0) is 0 Å². The van der Waals surface area contributed by atoms with Crippen LogP contribution in [0.5, 0.6) is 0 Å². The lowest BCUT2D eigenvalue weighted by atomic mass is 10.4. The van der Waals surface area contributed by atoms with Crippen LogP contribution in [0.15, 0.2) is 11.8 Å². The van der Waals surface area contributed by atoms with E-state index in [1.807, 2.05) is 13.0 Å². The van der Waals surface area contributed by atoms with Crippen LogP contribution in [-0.4, -0.2) is 18.0 Å². The molecule has 2 heteroatoms. The summed E-state index contributed by atoms with van der Waals surface area (Å²) in [6.45, 7) is 4.25. The highest BCUT2D eigenvalue weighted by Gasteiger charge is 2.10. The SMILES string of the molecule is C/C(=C\C#N)N1CCCC1. The average Bonchev–Trinajstić information content (AvgIpc) is 2.38. The Hall–Kier alpha value is -0.970. The van der Waals surface area contributed by atoms with Crippen LogP contribution in [0, 0.1) is 11.3 Å². The van der Waals surface area contributed by atoms with Crippen LogP contribution < -0.4 is 0 Å². The lowest BCUT2D eigenvalue weighted by Crippen LogP contribution is -2.15. The summed E-state index contributed by atoms with van der Waals surface area (Å²) in [4.78, 5) is 2.25. The van der Waals surface area contributed by atoms with Gasteiger partial charge in [0.2, 0.25) is 0 Å². The van der Waals surface area contributed by atoms with Crippen LogP contribution >= 0.6 is 0 Å². The molecule has 0 spiro atoms. The van der Waals surface area contributed by atoms with Gasteiger partial charge in [-0.3, -0.25) is 0 Å². The first kappa shape index (κ1) is 7.14. The maximum absolute atomic E-state index is 8.34. The topological polar surface area (TPSA) is 27.0 Å². The van der Waals surface area contributed by atoms with Crippen molar-refractivity contribution in [2.75, 3.05) is 13.1 Å². The minimum absolute atomic E-state index is 1.11. The lowest BCUT2D eigenvalue weighted by Gasteiger charge is -2.16. The fourth-order valence-corrected chi connectivity index (χ4v) is 1.25. The van der Waals surface area contributed by atoms with Crippen LogP contribution in [0.25, 0.3) is 0 Å². The molecule has 0 amide bonds. The zero-order valence-electron chi connectivity index (χ0n) is 6.30. The van der Waals surface area contributed by atoms with Gasteiger partial charge in [0.25, 0.3) is 0 Å². The Labute approximate surface area is 61.8 Å². The summed E-state index contributed by atoms with van der Waals surface area (Å²) in [7, 11) is 0. The van der Waals surface area contributed by atoms with E-state index in [0.717, 1.165) is 18.8 Å². The third kappa shape index (κ3) is 1.51. The summed E-state index contributed by atoms with van der Waals surface area (Å²) in [6, 6.07) is 2.04. The number of rotatable bonds is 1. The molecule has 0 aromatic carbocycles. The smallest absolute Gasteiger partial charge is 0.0930 e. The van der Waals surface area contributed by atoms with E-state index in [4.69, 9.17) is 5.26 Å². The van der Waals surface area contributed by atoms with Gasteiger partial charge in [0.05, 0.1) is 6.07 Å². The van der Waals surface area contributed by atoms with Crippen LogP contribution in [0.4, 0.5) is 0 Å². The number of allylic oxidation sites excluding steroid dienone is 2. The van der Waals surface area contributed by atoms with Gasteiger partial charge in [-0.1, -0.05) is 0 Å². The fourth-order valence-electron chi connectivity index (χ4n) is 1.25.